The van der Waals surface area contributed by atoms with Crippen LogP contribution in [0.2, 0.25) is 0 Å². The third kappa shape index (κ3) is 8.76. The Balaban J connectivity index is 0.000000271. The maximum absolute atomic E-state index is 13.5. The van der Waals surface area contributed by atoms with Gasteiger partial charge in [-0.15, -0.1) is 11.8 Å². The van der Waals surface area contributed by atoms with Gasteiger partial charge < -0.3 is 35.1 Å². The quantitative estimate of drug-likeness (QED) is 0.264. The average molecular weight is 689 g/mol. The van der Waals surface area contributed by atoms with Crippen molar-refractivity contribution in [2.45, 2.75) is 47.8 Å². The number of nitrogens with one attached hydrogen (secondary N) is 1. The number of alkyl halides is 3. The van der Waals surface area contributed by atoms with E-state index in [2.05, 4.69) is 34.3 Å². The standard InChI is InChI=1S/C23H27F3N2O3S.C13H20N2O/c1-28-11-5-10-22(14-28,15-6-8-17(30-2)9-7-15)27-21(29)20-18(31-3)12-16(23(24,25)26)13-19(20)32-4;1-15-9-3-8-13(14,10-15)11-4-6-12(16-2)7-5-11/h6-9,12-13H,5,10-11,14H2,1-4H3,(H,27,29);4-7H,3,8-10,14H2,1-2H3. The minimum absolute atomic E-state index is 0.101. The van der Waals surface area contributed by atoms with E-state index in [1.807, 2.05) is 43.4 Å². The Morgan fingerprint density at radius 1 is 0.833 bits per heavy atom. The van der Waals surface area contributed by atoms with Gasteiger partial charge in [-0.05, 0) is 107 Å². The van der Waals surface area contributed by atoms with Gasteiger partial charge in [0.15, 0.2) is 0 Å². The number of thioether (sulfide) groups is 1. The van der Waals surface area contributed by atoms with Crippen LogP contribution in [0.1, 0.15) is 52.7 Å². The van der Waals surface area contributed by atoms with E-state index in [0.29, 0.717) is 18.7 Å². The van der Waals surface area contributed by atoms with Crippen LogP contribution >= 0.6 is 11.8 Å². The molecule has 0 bridgehead atoms. The Morgan fingerprint density at radius 2 is 1.38 bits per heavy atom. The van der Waals surface area contributed by atoms with E-state index < -0.39 is 23.2 Å². The summed E-state index contributed by atoms with van der Waals surface area (Å²) in [4.78, 5) is 18.2. The summed E-state index contributed by atoms with van der Waals surface area (Å²) in [7, 11) is 8.65. The lowest BCUT2D eigenvalue weighted by Crippen LogP contribution is -2.55. The van der Waals surface area contributed by atoms with E-state index in [0.717, 1.165) is 67.7 Å². The lowest BCUT2D eigenvalue weighted by Gasteiger charge is -2.42. The number of carbonyl (C=O) groups is 1. The van der Waals surface area contributed by atoms with E-state index in [4.69, 9.17) is 19.9 Å². The molecule has 262 valence electrons. The molecule has 48 heavy (non-hydrogen) atoms. The predicted molar refractivity (Wildman–Crippen MR) is 184 cm³/mol. The second kappa shape index (κ2) is 15.8. The van der Waals surface area contributed by atoms with Crippen LogP contribution in [0.5, 0.6) is 17.2 Å². The van der Waals surface area contributed by atoms with Crippen LogP contribution in [-0.4, -0.2) is 83.6 Å². The molecular formula is C36H47F3N4O4S. The number of hydrogen-bond acceptors (Lipinski definition) is 8. The molecule has 2 atom stereocenters. The molecule has 0 spiro atoms. The number of amides is 1. The van der Waals surface area contributed by atoms with Gasteiger partial charge in [-0.3, -0.25) is 4.79 Å². The van der Waals surface area contributed by atoms with Gasteiger partial charge in [-0.1, -0.05) is 24.3 Å². The van der Waals surface area contributed by atoms with Gasteiger partial charge in [0.25, 0.3) is 5.91 Å². The molecule has 2 saturated heterocycles. The Bertz CT molecular complexity index is 1500. The molecule has 0 aromatic heterocycles. The van der Waals surface area contributed by atoms with Gasteiger partial charge in [0, 0.05) is 18.0 Å². The van der Waals surface area contributed by atoms with Crippen molar-refractivity contribution in [2.24, 2.45) is 5.73 Å². The van der Waals surface area contributed by atoms with Crippen LogP contribution in [0.15, 0.2) is 65.6 Å². The lowest BCUT2D eigenvalue weighted by atomic mass is 9.82. The fourth-order valence-corrected chi connectivity index (χ4v) is 7.27. The second-order valence-electron chi connectivity index (χ2n) is 12.6. The fraction of sp³-hybridized carbons (Fsp3) is 0.472. The van der Waals surface area contributed by atoms with Crippen molar-refractivity contribution in [3.63, 3.8) is 0 Å². The zero-order valence-electron chi connectivity index (χ0n) is 28.6. The normalized spacial score (nSPS) is 21.9. The van der Waals surface area contributed by atoms with Crippen molar-refractivity contribution >= 4 is 17.7 Å². The van der Waals surface area contributed by atoms with Crippen molar-refractivity contribution in [1.29, 1.82) is 0 Å². The SMILES string of the molecule is COc1ccc(C2(N)CCCN(C)C2)cc1.COc1ccc(C2(NC(=O)c3c(OC)cc(C(F)(F)F)cc3SC)CCCN(C)C2)cc1. The van der Waals surface area contributed by atoms with E-state index >= 15 is 0 Å². The van der Waals surface area contributed by atoms with Crippen LogP contribution in [-0.2, 0) is 17.3 Å². The summed E-state index contributed by atoms with van der Waals surface area (Å²) in [5, 5.41) is 3.14. The molecule has 2 unspecified atom stereocenters. The molecule has 3 N–H and O–H groups in total. The van der Waals surface area contributed by atoms with Crippen molar-refractivity contribution in [1.82, 2.24) is 15.1 Å². The summed E-state index contributed by atoms with van der Waals surface area (Å²) in [5.74, 6) is 1.02. The fourth-order valence-electron chi connectivity index (χ4n) is 6.63. The monoisotopic (exact) mass is 688 g/mol. The van der Waals surface area contributed by atoms with Gasteiger partial charge in [0.2, 0.25) is 0 Å². The number of likely N-dealkylation sites (N-methyl/N-ethyl adjacent to an activating group) is 2. The number of nitrogens with two attached hydrogens (primary N) is 1. The summed E-state index contributed by atoms with van der Waals surface area (Å²) in [5.41, 5.74) is 6.97. The van der Waals surface area contributed by atoms with Gasteiger partial charge in [0.1, 0.15) is 17.2 Å². The summed E-state index contributed by atoms with van der Waals surface area (Å²) >= 11 is 1.08. The Morgan fingerprint density at radius 3 is 1.85 bits per heavy atom. The van der Waals surface area contributed by atoms with Gasteiger partial charge >= 0.3 is 6.18 Å². The van der Waals surface area contributed by atoms with E-state index in [9.17, 15) is 18.0 Å². The highest BCUT2D eigenvalue weighted by Crippen LogP contribution is 2.40. The first kappa shape index (κ1) is 37.4. The molecule has 2 fully saturated rings. The third-order valence-electron chi connectivity index (χ3n) is 9.12. The molecule has 1 amide bonds. The number of benzene rings is 3. The number of piperidine rings is 2. The zero-order valence-corrected chi connectivity index (χ0v) is 29.4. The minimum Gasteiger partial charge on any atom is -0.497 e. The molecule has 2 aliphatic rings. The zero-order chi connectivity index (χ0) is 35.1. The maximum Gasteiger partial charge on any atom is 0.416 e. The average Bonchev–Trinajstić information content (AvgIpc) is 3.07. The molecule has 0 radical (unpaired) electrons. The Hall–Kier alpha value is -3.45. The number of rotatable bonds is 8. The molecule has 0 aliphatic carbocycles. The Labute approximate surface area is 286 Å². The van der Waals surface area contributed by atoms with Crippen molar-refractivity contribution in [3.8, 4) is 17.2 Å². The second-order valence-corrected chi connectivity index (χ2v) is 13.4. The third-order valence-corrected chi connectivity index (χ3v) is 9.88. The maximum atomic E-state index is 13.5. The number of hydrogen-bond donors (Lipinski definition) is 2. The number of likely N-dealkylation sites (tertiary alicyclic amines) is 2. The molecular weight excluding hydrogens is 641 g/mol. The van der Waals surface area contributed by atoms with Crippen molar-refractivity contribution in [2.75, 3.05) is 67.9 Å². The van der Waals surface area contributed by atoms with Crippen molar-refractivity contribution in [3.05, 3.63) is 82.9 Å². The highest BCUT2D eigenvalue weighted by Gasteiger charge is 2.40. The highest BCUT2D eigenvalue weighted by molar-refractivity contribution is 7.98. The number of ether oxygens (including phenoxy) is 3. The van der Waals surface area contributed by atoms with E-state index in [1.165, 1.54) is 19.1 Å². The number of carbonyl (C=O) groups excluding carboxylic acids is 1. The summed E-state index contributed by atoms with van der Waals surface area (Å²) < 4.78 is 55.6. The molecule has 5 rings (SSSR count). The first-order valence-electron chi connectivity index (χ1n) is 15.9. The van der Waals surface area contributed by atoms with Gasteiger partial charge in [-0.2, -0.15) is 13.2 Å². The van der Waals surface area contributed by atoms with Crippen molar-refractivity contribution < 1.29 is 32.2 Å². The molecule has 8 nitrogen and oxygen atoms in total. The highest BCUT2D eigenvalue weighted by atomic mass is 32.2. The number of halogens is 3. The predicted octanol–water partition coefficient (Wildman–Crippen LogP) is 6.37. The first-order chi connectivity index (χ1) is 22.8. The summed E-state index contributed by atoms with van der Waals surface area (Å²) in [6, 6.07) is 17.5. The lowest BCUT2D eigenvalue weighted by molar-refractivity contribution is -0.137. The molecule has 12 heteroatoms. The van der Waals surface area contributed by atoms with E-state index in [1.54, 1.807) is 20.5 Å². The summed E-state index contributed by atoms with van der Waals surface area (Å²) in [6.07, 6.45) is 0.889. The first-order valence-corrected chi connectivity index (χ1v) is 17.1. The van der Waals surface area contributed by atoms with Crippen LogP contribution < -0.4 is 25.3 Å². The van der Waals surface area contributed by atoms with E-state index in [-0.39, 0.29) is 21.7 Å². The molecule has 0 saturated carbocycles. The van der Waals surface area contributed by atoms with Crippen LogP contribution in [0.3, 0.4) is 0 Å². The molecule has 2 heterocycles. The smallest absolute Gasteiger partial charge is 0.416 e. The largest absolute Gasteiger partial charge is 0.497 e. The number of nitrogens with zero attached hydrogens (tertiary/aromatic N) is 2. The Kier molecular flexibility index (Phi) is 12.3. The van der Waals surface area contributed by atoms with Gasteiger partial charge in [0.05, 0.1) is 43.5 Å². The molecule has 3 aromatic rings. The minimum atomic E-state index is -4.54. The number of methoxy groups -OCH3 is 3. The van der Waals surface area contributed by atoms with Crippen LogP contribution in [0.25, 0.3) is 0 Å². The van der Waals surface area contributed by atoms with Crippen LogP contribution in [0, 0.1) is 0 Å². The molecule has 2 aliphatic heterocycles. The topological polar surface area (TPSA) is 89.3 Å². The van der Waals surface area contributed by atoms with Gasteiger partial charge in [-0.25, -0.2) is 0 Å². The van der Waals surface area contributed by atoms with Crippen LogP contribution in [0.4, 0.5) is 13.2 Å². The molecule has 3 aromatic carbocycles. The summed E-state index contributed by atoms with van der Waals surface area (Å²) in [6.45, 7) is 3.55.